The van der Waals surface area contributed by atoms with E-state index < -0.39 is 24.5 Å². The van der Waals surface area contributed by atoms with Crippen LogP contribution in [0.2, 0.25) is 0 Å². The molecule has 5 N–H and O–H groups in total. The first-order chi connectivity index (χ1) is 7.86. The predicted octanol–water partition coefficient (Wildman–Crippen LogP) is -3.37. The van der Waals surface area contributed by atoms with Crippen molar-refractivity contribution in [2.24, 2.45) is 5.92 Å². The smallest absolute Gasteiger partial charge is 0.275 e. The molecule has 1 atom stereocenters. The SMILES string of the molecule is CC(C)C[C@@H](NC(=O)C[NH3+])C(=O)NCC(=O)[O-]. The van der Waals surface area contributed by atoms with Gasteiger partial charge in [-0.05, 0) is 12.3 Å². The third kappa shape index (κ3) is 7.29. The summed E-state index contributed by atoms with van der Waals surface area (Å²) in [4.78, 5) is 33.0. The molecule has 0 aliphatic carbocycles. The quantitative estimate of drug-likeness (QED) is 0.432. The molecule has 0 spiro atoms. The number of rotatable bonds is 7. The fourth-order valence-electron chi connectivity index (χ4n) is 1.25. The summed E-state index contributed by atoms with van der Waals surface area (Å²) in [5.41, 5.74) is 3.40. The number of amides is 2. The lowest BCUT2D eigenvalue weighted by Gasteiger charge is -2.19. The number of carboxylic acid groups (broad SMARTS) is 1. The zero-order valence-electron chi connectivity index (χ0n) is 10.1. The van der Waals surface area contributed by atoms with E-state index in [1.54, 1.807) is 0 Å². The molecule has 7 nitrogen and oxygen atoms in total. The number of quaternary nitrogens is 1. The normalized spacial score (nSPS) is 12.0. The maximum absolute atomic E-state index is 11.6. The lowest BCUT2D eigenvalue weighted by molar-refractivity contribution is -0.355. The van der Waals surface area contributed by atoms with Crippen LogP contribution in [0.3, 0.4) is 0 Å². The molecule has 0 heterocycles. The summed E-state index contributed by atoms with van der Waals surface area (Å²) < 4.78 is 0. The number of nitrogens with one attached hydrogen (secondary N) is 2. The monoisotopic (exact) mass is 245 g/mol. The molecule has 0 unspecified atom stereocenters. The van der Waals surface area contributed by atoms with Gasteiger partial charge in [0.2, 0.25) is 5.91 Å². The Morgan fingerprint density at radius 2 is 1.88 bits per heavy atom. The Morgan fingerprint density at radius 1 is 1.29 bits per heavy atom. The first-order valence-corrected chi connectivity index (χ1v) is 5.43. The highest BCUT2D eigenvalue weighted by atomic mass is 16.4. The van der Waals surface area contributed by atoms with E-state index in [1.165, 1.54) is 0 Å². The average Bonchev–Trinajstić information content (AvgIpc) is 2.23. The standard InChI is InChI=1S/C10H19N3O4/c1-6(2)3-7(13-8(14)4-11)10(17)12-5-9(15)16/h6-7H,3-5,11H2,1-2H3,(H,12,17)(H,13,14)(H,15,16)/t7-/m1/s1. The predicted molar refractivity (Wildman–Crippen MR) is 57.2 cm³/mol. The highest BCUT2D eigenvalue weighted by Gasteiger charge is 2.21. The Bertz CT molecular complexity index is 291. The molecule has 98 valence electrons. The van der Waals surface area contributed by atoms with Gasteiger partial charge in [0.05, 0.1) is 12.5 Å². The number of hydrogen-bond donors (Lipinski definition) is 3. The largest absolute Gasteiger partial charge is 0.548 e. The molecule has 0 aromatic carbocycles. The Morgan fingerprint density at radius 3 is 2.29 bits per heavy atom. The summed E-state index contributed by atoms with van der Waals surface area (Å²) >= 11 is 0. The summed E-state index contributed by atoms with van der Waals surface area (Å²) in [6.07, 6.45) is 0.435. The van der Waals surface area contributed by atoms with Crippen LogP contribution in [0, 0.1) is 5.92 Å². The molecule has 17 heavy (non-hydrogen) atoms. The second-order valence-electron chi connectivity index (χ2n) is 4.09. The van der Waals surface area contributed by atoms with Crippen molar-refractivity contribution in [1.82, 2.24) is 10.6 Å². The van der Waals surface area contributed by atoms with E-state index in [9.17, 15) is 19.5 Å². The van der Waals surface area contributed by atoms with Gasteiger partial charge in [-0.15, -0.1) is 0 Å². The van der Waals surface area contributed by atoms with E-state index in [4.69, 9.17) is 0 Å². The first kappa shape index (κ1) is 15.4. The van der Waals surface area contributed by atoms with Gasteiger partial charge in [-0.25, -0.2) is 0 Å². The minimum absolute atomic E-state index is 0.0301. The van der Waals surface area contributed by atoms with E-state index in [0.717, 1.165) is 0 Å². The van der Waals surface area contributed by atoms with Gasteiger partial charge in [0.25, 0.3) is 5.91 Å². The highest BCUT2D eigenvalue weighted by Crippen LogP contribution is 2.04. The van der Waals surface area contributed by atoms with Crippen molar-refractivity contribution < 1.29 is 25.2 Å². The zero-order valence-corrected chi connectivity index (χ0v) is 10.1. The van der Waals surface area contributed by atoms with Crippen LogP contribution < -0.4 is 21.5 Å². The minimum atomic E-state index is -1.37. The Balaban J connectivity index is 4.39. The highest BCUT2D eigenvalue weighted by molar-refractivity contribution is 5.89. The number of aliphatic carboxylic acids is 1. The molecule has 0 saturated heterocycles. The van der Waals surface area contributed by atoms with Crippen LogP contribution in [0.1, 0.15) is 20.3 Å². The molecular formula is C10H19N3O4. The number of carbonyl (C=O) groups excluding carboxylic acids is 3. The van der Waals surface area contributed by atoms with Crippen molar-refractivity contribution in [3.63, 3.8) is 0 Å². The van der Waals surface area contributed by atoms with E-state index in [0.29, 0.717) is 6.42 Å². The molecule has 0 aromatic heterocycles. The van der Waals surface area contributed by atoms with E-state index in [-0.39, 0.29) is 18.4 Å². The van der Waals surface area contributed by atoms with E-state index in [1.807, 2.05) is 13.8 Å². The van der Waals surface area contributed by atoms with Crippen molar-refractivity contribution in [3.8, 4) is 0 Å². The molecule has 0 aliphatic rings. The van der Waals surface area contributed by atoms with Gasteiger partial charge in [0.1, 0.15) is 6.04 Å². The molecule has 0 radical (unpaired) electrons. The van der Waals surface area contributed by atoms with Crippen LogP contribution in [-0.4, -0.2) is 36.9 Å². The molecule has 0 aromatic rings. The Hall–Kier alpha value is -1.63. The molecule has 0 bridgehead atoms. The van der Waals surface area contributed by atoms with Crippen LogP contribution in [0.15, 0.2) is 0 Å². The second kappa shape index (κ2) is 7.61. The lowest BCUT2D eigenvalue weighted by Crippen LogP contribution is -2.60. The second-order valence-corrected chi connectivity index (χ2v) is 4.09. The Labute approximate surface area is 99.7 Å². The Kier molecular flexibility index (Phi) is 6.88. The fourth-order valence-corrected chi connectivity index (χ4v) is 1.25. The van der Waals surface area contributed by atoms with Crippen molar-refractivity contribution in [2.45, 2.75) is 26.3 Å². The van der Waals surface area contributed by atoms with Gasteiger partial charge < -0.3 is 26.3 Å². The van der Waals surface area contributed by atoms with Gasteiger partial charge in [-0.2, -0.15) is 0 Å². The summed E-state index contributed by atoms with van der Waals surface area (Å²) in [6.45, 7) is 3.26. The van der Waals surface area contributed by atoms with Gasteiger partial charge in [0.15, 0.2) is 6.54 Å². The van der Waals surface area contributed by atoms with Crippen LogP contribution in [0.25, 0.3) is 0 Å². The maximum atomic E-state index is 11.6. The maximum Gasteiger partial charge on any atom is 0.275 e. The number of hydrogen-bond acceptors (Lipinski definition) is 4. The summed E-state index contributed by atoms with van der Waals surface area (Å²) in [5.74, 6) is -2.05. The minimum Gasteiger partial charge on any atom is -0.548 e. The molecular weight excluding hydrogens is 226 g/mol. The van der Waals surface area contributed by atoms with Crippen LogP contribution in [0.5, 0.6) is 0 Å². The third-order valence-electron chi connectivity index (χ3n) is 1.99. The van der Waals surface area contributed by atoms with Crippen molar-refractivity contribution in [1.29, 1.82) is 0 Å². The van der Waals surface area contributed by atoms with Gasteiger partial charge in [-0.3, -0.25) is 9.59 Å². The average molecular weight is 245 g/mol. The fraction of sp³-hybridized carbons (Fsp3) is 0.700. The van der Waals surface area contributed by atoms with Gasteiger partial charge in [-0.1, -0.05) is 13.8 Å². The summed E-state index contributed by atoms with van der Waals surface area (Å²) in [6, 6.07) is -0.733. The van der Waals surface area contributed by atoms with E-state index >= 15 is 0 Å². The molecule has 0 aliphatic heterocycles. The van der Waals surface area contributed by atoms with Crippen LogP contribution >= 0.6 is 0 Å². The van der Waals surface area contributed by atoms with Crippen LogP contribution in [0.4, 0.5) is 0 Å². The molecule has 2 amide bonds. The molecule has 0 rings (SSSR count). The number of carboxylic acids is 1. The first-order valence-electron chi connectivity index (χ1n) is 5.43. The zero-order chi connectivity index (χ0) is 13.4. The lowest BCUT2D eigenvalue weighted by atomic mass is 10.0. The van der Waals surface area contributed by atoms with E-state index in [2.05, 4.69) is 16.4 Å². The van der Waals surface area contributed by atoms with Crippen molar-refractivity contribution in [3.05, 3.63) is 0 Å². The summed E-state index contributed by atoms with van der Waals surface area (Å²) in [5, 5.41) is 14.9. The van der Waals surface area contributed by atoms with Crippen molar-refractivity contribution >= 4 is 17.8 Å². The molecule has 7 heteroatoms. The van der Waals surface area contributed by atoms with Gasteiger partial charge in [0, 0.05) is 0 Å². The molecule has 0 fully saturated rings. The molecule has 0 saturated carbocycles. The summed E-state index contributed by atoms with van der Waals surface area (Å²) in [7, 11) is 0. The van der Waals surface area contributed by atoms with Gasteiger partial charge >= 0.3 is 0 Å². The van der Waals surface area contributed by atoms with Crippen molar-refractivity contribution in [2.75, 3.05) is 13.1 Å². The number of carbonyl (C=O) groups is 3. The topological polar surface area (TPSA) is 126 Å². The van der Waals surface area contributed by atoms with Crippen LogP contribution in [-0.2, 0) is 14.4 Å². The third-order valence-corrected chi connectivity index (χ3v) is 1.99.